The maximum absolute atomic E-state index is 12.2. The second-order valence-corrected chi connectivity index (χ2v) is 6.35. The number of nitrogens with zero attached hydrogens (tertiary/aromatic N) is 2. The van der Waals surface area contributed by atoms with Crippen molar-refractivity contribution >= 4 is 17.7 Å². The molecular weight excluding hydrogens is 262 g/mol. The number of amides is 1. The van der Waals surface area contributed by atoms with Gasteiger partial charge in [0.2, 0.25) is 5.91 Å². The van der Waals surface area contributed by atoms with Crippen molar-refractivity contribution in [2.45, 2.75) is 38.5 Å². The van der Waals surface area contributed by atoms with Gasteiger partial charge in [-0.2, -0.15) is 11.8 Å². The largest absolute Gasteiger partial charge is 0.392 e. The Morgan fingerprint density at radius 2 is 2.21 bits per heavy atom. The summed E-state index contributed by atoms with van der Waals surface area (Å²) in [4.78, 5) is 16.3. The van der Waals surface area contributed by atoms with Gasteiger partial charge in [0.15, 0.2) is 0 Å². The van der Waals surface area contributed by atoms with Crippen LogP contribution in [-0.4, -0.2) is 77.2 Å². The van der Waals surface area contributed by atoms with E-state index in [0.29, 0.717) is 19.6 Å². The number of piperazine rings is 1. The van der Waals surface area contributed by atoms with Crippen molar-refractivity contribution < 1.29 is 9.90 Å². The van der Waals surface area contributed by atoms with Crippen molar-refractivity contribution in [1.82, 2.24) is 9.80 Å². The molecule has 1 aliphatic rings. The Bertz CT molecular complexity index is 289. The smallest absolute Gasteiger partial charge is 0.239 e. The molecule has 1 aliphatic heterocycles. The number of aliphatic hydroxyl groups is 1. The summed E-state index contributed by atoms with van der Waals surface area (Å²) >= 11 is 1.72. The summed E-state index contributed by atoms with van der Waals surface area (Å²) in [6, 6.07) is -0.0944. The van der Waals surface area contributed by atoms with Crippen LogP contribution >= 0.6 is 11.8 Å². The topological polar surface area (TPSA) is 69.8 Å². The van der Waals surface area contributed by atoms with Crippen molar-refractivity contribution in [3.05, 3.63) is 0 Å². The van der Waals surface area contributed by atoms with Crippen LogP contribution in [0.2, 0.25) is 0 Å². The number of hydrogen-bond donors (Lipinski definition) is 2. The molecule has 3 N–H and O–H groups in total. The average molecular weight is 289 g/mol. The van der Waals surface area contributed by atoms with E-state index >= 15 is 0 Å². The molecule has 2 unspecified atom stereocenters. The van der Waals surface area contributed by atoms with Gasteiger partial charge in [-0.15, -0.1) is 0 Å². The van der Waals surface area contributed by atoms with E-state index in [-0.39, 0.29) is 24.1 Å². The van der Waals surface area contributed by atoms with E-state index in [1.165, 1.54) is 0 Å². The van der Waals surface area contributed by atoms with E-state index in [1.807, 2.05) is 11.2 Å². The summed E-state index contributed by atoms with van der Waals surface area (Å²) in [6.07, 6.45) is 2.43. The van der Waals surface area contributed by atoms with Crippen LogP contribution < -0.4 is 5.73 Å². The van der Waals surface area contributed by atoms with Crippen molar-refractivity contribution in [2.75, 3.05) is 38.2 Å². The van der Waals surface area contributed by atoms with Crippen LogP contribution in [0.25, 0.3) is 0 Å². The van der Waals surface area contributed by atoms with Crippen LogP contribution in [0.3, 0.4) is 0 Å². The van der Waals surface area contributed by atoms with Gasteiger partial charge in [0.25, 0.3) is 0 Å². The number of thioether (sulfide) groups is 1. The molecule has 5 nitrogen and oxygen atoms in total. The zero-order valence-corrected chi connectivity index (χ0v) is 13.0. The Morgan fingerprint density at radius 3 is 2.74 bits per heavy atom. The lowest BCUT2D eigenvalue weighted by molar-refractivity contribution is -0.135. The minimum atomic E-state index is -0.372. The fourth-order valence-corrected chi connectivity index (χ4v) is 2.90. The van der Waals surface area contributed by atoms with Gasteiger partial charge in [-0.05, 0) is 32.3 Å². The molecule has 0 saturated carbocycles. The maximum Gasteiger partial charge on any atom is 0.239 e. The molecule has 6 heteroatoms. The molecule has 1 rings (SSSR count). The van der Waals surface area contributed by atoms with E-state index in [0.717, 1.165) is 18.7 Å². The first-order valence-corrected chi connectivity index (χ1v) is 8.30. The van der Waals surface area contributed by atoms with Crippen molar-refractivity contribution in [1.29, 1.82) is 0 Å². The van der Waals surface area contributed by atoms with E-state index in [2.05, 4.69) is 11.8 Å². The zero-order valence-electron chi connectivity index (χ0n) is 12.2. The van der Waals surface area contributed by atoms with Crippen LogP contribution in [-0.2, 0) is 4.79 Å². The van der Waals surface area contributed by atoms with Crippen LogP contribution in [0.4, 0.5) is 0 Å². The molecule has 0 aromatic heterocycles. The summed E-state index contributed by atoms with van der Waals surface area (Å²) in [6.45, 7) is 6.79. The third-order valence-electron chi connectivity index (χ3n) is 3.53. The second kappa shape index (κ2) is 8.09. The van der Waals surface area contributed by atoms with Crippen molar-refractivity contribution in [3.8, 4) is 0 Å². The van der Waals surface area contributed by atoms with E-state index < -0.39 is 0 Å². The Morgan fingerprint density at radius 1 is 1.53 bits per heavy atom. The third-order valence-corrected chi connectivity index (χ3v) is 4.17. The number of rotatable bonds is 6. The molecule has 1 fully saturated rings. The van der Waals surface area contributed by atoms with Gasteiger partial charge in [0.05, 0.1) is 12.1 Å². The number of aliphatic hydroxyl groups excluding tert-OH is 1. The summed E-state index contributed by atoms with van der Waals surface area (Å²) in [5, 5.41) is 9.44. The Kier molecular flexibility index (Phi) is 7.13. The highest BCUT2D eigenvalue weighted by molar-refractivity contribution is 7.98. The van der Waals surface area contributed by atoms with Gasteiger partial charge in [-0.25, -0.2) is 0 Å². The summed E-state index contributed by atoms with van der Waals surface area (Å²) < 4.78 is 0. The van der Waals surface area contributed by atoms with E-state index in [1.54, 1.807) is 18.7 Å². The minimum absolute atomic E-state index is 0.0672. The van der Waals surface area contributed by atoms with Crippen LogP contribution in [0.15, 0.2) is 0 Å². The first kappa shape index (κ1) is 16.8. The standard InChI is InChI=1S/C13H27N3O2S/c1-10-8-16(6-5-15(10)9-11(2)17)13(18)12(14)4-7-19-3/h10-12,17H,4-9,14H2,1-3H3/t10?,11?,12-/m0/s1. The Balaban J connectivity index is 2.44. The predicted octanol–water partition coefficient (Wildman–Crippen LogP) is -0.0197. The Labute approximate surface area is 120 Å². The lowest BCUT2D eigenvalue weighted by atomic mass is 10.1. The Hall–Kier alpha value is -0.300. The third kappa shape index (κ3) is 5.30. The van der Waals surface area contributed by atoms with Gasteiger partial charge < -0.3 is 15.7 Å². The molecule has 19 heavy (non-hydrogen) atoms. The van der Waals surface area contributed by atoms with E-state index in [9.17, 15) is 9.90 Å². The molecule has 0 bridgehead atoms. The van der Waals surface area contributed by atoms with Crippen LogP contribution in [0.1, 0.15) is 20.3 Å². The first-order chi connectivity index (χ1) is 8.95. The molecule has 0 spiro atoms. The van der Waals surface area contributed by atoms with Crippen LogP contribution in [0.5, 0.6) is 0 Å². The van der Waals surface area contributed by atoms with E-state index in [4.69, 9.17) is 5.73 Å². The highest BCUT2D eigenvalue weighted by Crippen LogP contribution is 2.12. The highest BCUT2D eigenvalue weighted by atomic mass is 32.2. The SMILES string of the molecule is CSCC[C@H](N)C(=O)N1CCN(CC(C)O)C(C)C1. The first-order valence-electron chi connectivity index (χ1n) is 6.91. The second-order valence-electron chi connectivity index (χ2n) is 5.37. The number of nitrogens with two attached hydrogens (primary N) is 1. The number of β-amino-alcohol motifs (C(OH)–C–C–N with tert-alkyl or cyclic N) is 1. The molecule has 0 aliphatic carbocycles. The molecular formula is C13H27N3O2S. The lowest BCUT2D eigenvalue weighted by Crippen LogP contribution is -2.57. The van der Waals surface area contributed by atoms with Crippen molar-refractivity contribution in [3.63, 3.8) is 0 Å². The molecule has 0 aromatic carbocycles. The van der Waals surface area contributed by atoms with Gasteiger partial charge in [-0.3, -0.25) is 9.69 Å². The average Bonchev–Trinajstić information content (AvgIpc) is 2.37. The lowest BCUT2D eigenvalue weighted by Gasteiger charge is -2.41. The van der Waals surface area contributed by atoms with Gasteiger partial charge in [0.1, 0.15) is 0 Å². The molecule has 1 heterocycles. The molecule has 1 amide bonds. The molecule has 3 atom stereocenters. The zero-order chi connectivity index (χ0) is 14.4. The number of carbonyl (C=O) groups excluding carboxylic acids is 1. The normalized spacial score (nSPS) is 24.3. The number of carbonyl (C=O) groups is 1. The molecule has 112 valence electrons. The summed E-state index contributed by atoms with van der Waals surface area (Å²) in [7, 11) is 0. The number of hydrogen-bond acceptors (Lipinski definition) is 5. The monoisotopic (exact) mass is 289 g/mol. The quantitative estimate of drug-likeness (QED) is 0.719. The van der Waals surface area contributed by atoms with Gasteiger partial charge >= 0.3 is 0 Å². The predicted molar refractivity (Wildman–Crippen MR) is 80.3 cm³/mol. The van der Waals surface area contributed by atoms with Gasteiger partial charge in [0, 0.05) is 32.2 Å². The molecule has 0 radical (unpaired) electrons. The van der Waals surface area contributed by atoms with Gasteiger partial charge in [-0.1, -0.05) is 0 Å². The highest BCUT2D eigenvalue weighted by Gasteiger charge is 2.29. The summed E-state index contributed by atoms with van der Waals surface area (Å²) in [5.41, 5.74) is 5.94. The molecule has 0 aromatic rings. The van der Waals surface area contributed by atoms with Crippen LogP contribution in [0, 0.1) is 0 Å². The maximum atomic E-state index is 12.2. The molecule has 1 saturated heterocycles. The summed E-state index contributed by atoms with van der Waals surface area (Å²) in [5.74, 6) is 0.988. The fourth-order valence-electron chi connectivity index (χ4n) is 2.41. The van der Waals surface area contributed by atoms with Crippen molar-refractivity contribution in [2.24, 2.45) is 5.73 Å². The fraction of sp³-hybridized carbons (Fsp3) is 0.923. The minimum Gasteiger partial charge on any atom is -0.392 e.